The van der Waals surface area contributed by atoms with Crippen LogP contribution in [0.25, 0.3) is 0 Å². The normalized spacial score (nSPS) is 14.4. The molecule has 2 rings (SSSR count). The highest BCUT2D eigenvalue weighted by Gasteiger charge is 2.42. The molecular weight excluding hydrogens is 340 g/mol. The van der Waals surface area contributed by atoms with Crippen LogP contribution in [0.5, 0.6) is 5.75 Å². The second-order valence-corrected chi connectivity index (χ2v) is 5.82. The molecule has 1 aliphatic heterocycles. The number of methoxy groups -OCH3 is 1. The summed E-state index contributed by atoms with van der Waals surface area (Å²) in [5.41, 5.74) is 0.527. The number of benzene rings is 1. The van der Waals surface area contributed by atoms with Crippen LogP contribution < -0.4 is 10.1 Å². The van der Waals surface area contributed by atoms with Crippen molar-refractivity contribution in [2.24, 2.45) is 0 Å². The van der Waals surface area contributed by atoms with Crippen molar-refractivity contribution in [2.45, 2.75) is 13.3 Å². The fourth-order valence-electron chi connectivity index (χ4n) is 2.60. The zero-order chi connectivity index (χ0) is 19.3. The van der Waals surface area contributed by atoms with Crippen molar-refractivity contribution in [3.8, 4) is 5.75 Å². The number of carbonyl (C=O) groups is 4. The van der Waals surface area contributed by atoms with Gasteiger partial charge in [-0.15, -0.1) is 0 Å². The average molecular weight is 362 g/mol. The van der Waals surface area contributed by atoms with Crippen LogP contribution in [0.2, 0.25) is 0 Å². The van der Waals surface area contributed by atoms with Crippen molar-refractivity contribution in [2.75, 3.05) is 39.2 Å². The Morgan fingerprint density at radius 3 is 2.46 bits per heavy atom. The second kappa shape index (κ2) is 8.43. The molecule has 140 valence electrons. The van der Waals surface area contributed by atoms with Crippen LogP contribution in [-0.4, -0.2) is 72.4 Å². The molecule has 0 saturated carbocycles. The molecular formula is C17H22N4O5. The largest absolute Gasteiger partial charge is 0.495 e. The molecule has 0 spiro atoms. The predicted molar refractivity (Wildman–Crippen MR) is 93.4 cm³/mol. The topological polar surface area (TPSA) is 99.3 Å². The number of nitrogens with one attached hydrogen (secondary N) is 1. The molecule has 26 heavy (non-hydrogen) atoms. The van der Waals surface area contributed by atoms with E-state index in [1.165, 1.54) is 14.2 Å². The van der Waals surface area contributed by atoms with Gasteiger partial charge in [-0.25, -0.2) is 9.69 Å². The van der Waals surface area contributed by atoms with E-state index >= 15 is 0 Å². The molecule has 0 atom stereocenters. The number of imide groups is 2. The summed E-state index contributed by atoms with van der Waals surface area (Å²) in [5, 5.41) is 2.74. The van der Waals surface area contributed by atoms with Crippen molar-refractivity contribution in [1.82, 2.24) is 14.7 Å². The van der Waals surface area contributed by atoms with Gasteiger partial charge in [0.05, 0.1) is 26.0 Å². The Hall–Kier alpha value is -2.94. The van der Waals surface area contributed by atoms with Gasteiger partial charge in [-0.05, 0) is 18.6 Å². The lowest BCUT2D eigenvalue weighted by Crippen LogP contribution is -2.45. The number of likely N-dealkylation sites (N-methyl/N-ethyl adjacent to an activating group) is 1. The van der Waals surface area contributed by atoms with E-state index in [4.69, 9.17) is 4.74 Å². The molecule has 9 nitrogen and oxygen atoms in total. The minimum atomic E-state index is -0.885. The first-order valence-corrected chi connectivity index (χ1v) is 8.17. The molecule has 1 aliphatic rings. The van der Waals surface area contributed by atoms with E-state index in [1.54, 1.807) is 29.2 Å². The molecule has 0 bridgehead atoms. The van der Waals surface area contributed by atoms with Gasteiger partial charge >= 0.3 is 17.8 Å². The van der Waals surface area contributed by atoms with Crippen molar-refractivity contribution in [3.63, 3.8) is 0 Å². The van der Waals surface area contributed by atoms with Crippen LogP contribution >= 0.6 is 0 Å². The van der Waals surface area contributed by atoms with Crippen LogP contribution in [0.1, 0.15) is 13.3 Å². The Bertz CT molecular complexity index is 721. The fraction of sp³-hybridized carbons (Fsp3) is 0.412. The zero-order valence-corrected chi connectivity index (χ0v) is 15.0. The van der Waals surface area contributed by atoms with Gasteiger partial charge in [0.25, 0.3) is 0 Å². The molecule has 1 saturated heterocycles. The summed E-state index contributed by atoms with van der Waals surface area (Å²) in [6, 6.07) is 6.30. The Kier molecular flexibility index (Phi) is 6.29. The lowest BCUT2D eigenvalue weighted by Gasteiger charge is -2.25. The fourth-order valence-corrected chi connectivity index (χ4v) is 2.60. The van der Waals surface area contributed by atoms with Gasteiger partial charge in [-0.2, -0.15) is 0 Å². The number of amides is 5. The third-order valence-corrected chi connectivity index (χ3v) is 3.88. The summed E-state index contributed by atoms with van der Waals surface area (Å²) in [5.74, 6) is -1.55. The molecule has 1 N–H and O–H groups in total. The third-order valence-electron chi connectivity index (χ3n) is 3.88. The lowest BCUT2D eigenvalue weighted by molar-refractivity contribution is -0.143. The van der Waals surface area contributed by atoms with Crippen LogP contribution in [0.4, 0.5) is 10.5 Å². The monoisotopic (exact) mass is 362 g/mol. The number of ether oxygens (including phenoxy) is 1. The maximum Gasteiger partial charge on any atom is 0.335 e. The molecule has 1 aromatic rings. The van der Waals surface area contributed by atoms with E-state index in [9.17, 15) is 19.2 Å². The third kappa shape index (κ3) is 4.17. The number of para-hydroxylation sites is 2. The maximum absolute atomic E-state index is 12.4. The Morgan fingerprint density at radius 1 is 1.19 bits per heavy atom. The van der Waals surface area contributed by atoms with Crippen LogP contribution in [0, 0.1) is 0 Å². The number of hydrogen-bond acceptors (Lipinski definition) is 6. The van der Waals surface area contributed by atoms with E-state index < -0.39 is 17.8 Å². The van der Waals surface area contributed by atoms with Gasteiger partial charge in [0.1, 0.15) is 5.75 Å². The predicted octanol–water partition coefficient (Wildman–Crippen LogP) is 0.724. The van der Waals surface area contributed by atoms with Gasteiger partial charge in [0.15, 0.2) is 0 Å². The molecule has 1 fully saturated rings. The van der Waals surface area contributed by atoms with Crippen LogP contribution in [0.3, 0.4) is 0 Å². The standard InChI is InChI=1S/C17H22N4O5/c1-4-9-20(11-21-16(24)15(23)19(2)17(21)25)10-14(22)18-12-7-5-6-8-13(12)26-3/h5-8H,4,9-11H2,1-3H3,(H,18,22). The first-order valence-electron chi connectivity index (χ1n) is 8.17. The summed E-state index contributed by atoms with van der Waals surface area (Å²) < 4.78 is 5.19. The molecule has 1 aromatic carbocycles. The van der Waals surface area contributed by atoms with E-state index in [0.717, 1.165) is 9.80 Å². The average Bonchev–Trinajstić information content (AvgIpc) is 2.80. The summed E-state index contributed by atoms with van der Waals surface area (Å²) >= 11 is 0. The van der Waals surface area contributed by atoms with Gasteiger partial charge in [-0.3, -0.25) is 24.2 Å². The quantitative estimate of drug-likeness (QED) is 0.540. The molecule has 0 aliphatic carbocycles. The number of nitrogens with zero attached hydrogens (tertiary/aromatic N) is 3. The first kappa shape index (κ1) is 19.4. The Balaban J connectivity index is 2.03. The number of carbonyl (C=O) groups excluding carboxylic acids is 4. The number of rotatable bonds is 8. The first-order chi connectivity index (χ1) is 12.4. The van der Waals surface area contributed by atoms with Crippen LogP contribution in [-0.2, 0) is 14.4 Å². The SMILES string of the molecule is CCCN(CC(=O)Nc1ccccc1OC)CN1C(=O)C(=O)N(C)C1=O. The molecule has 9 heteroatoms. The van der Waals surface area contributed by atoms with Gasteiger partial charge in [-0.1, -0.05) is 19.1 Å². The molecule has 0 unspecified atom stereocenters. The van der Waals surface area contributed by atoms with Crippen molar-refractivity contribution < 1.29 is 23.9 Å². The Morgan fingerprint density at radius 2 is 1.88 bits per heavy atom. The molecule has 0 aromatic heterocycles. The van der Waals surface area contributed by atoms with E-state index in [1.807, 2.05) is 6.92 Å². The van der Waals surface area contributed by atoms with E-state index in [-0.39, 0.29) is 19.1 Å². The number of urea groups is 1. The maximum atomic E-state index is 12.4. The van der Waals surface area contributed by atoms with E-state index in [0.29, 0.717) is 24.4 Å². The van der Waals surface area contributed by atoms with Crippen LogP contribution in [0.15, 0.2) is 24.3 Å². The molecule has 0 radical (unpaired) electrons. The van der Waals surface area contributed by atoms with Gasteiger partial charge in [0.2, 0.25) is 5.91 Å². The Labute approximate surface area is 151 Å². The minimum Gasteiger partial charge on any atom is -0.495 e. The minimum absolute atomic E-state index is 0.0408. The summed E-state index contributed by atoms with van der Waals surface area (Å²) in [4.78, 5) is 51.1. The number of hydrogen-bond donors (Lipinski definition) is 1. The molecule has 5 amide bonds. The van der Waals surface area contributed by atoms with Crippen molar-refractivity contribution >= 4 is 29.4 Å². The highest BCUT2D eigenvalue weighted by molar-refractivity contribution is 6.44. The second-order valence-electron chi connectivity index (χ2n) is 5.82. The number of anilines is 1. The lowest BCUT2D eigenvalue weighted by atomic mass is 10.3. The highest BCUT2D eigenvalue weighted by Crippen LogP contribution is 2.22. The van der Waals surface area contributed by atoms with Crippen molar-refractivity contribution in [3.05, 3.63) is 24.3 Å². The molecule has 1 heterocycles. The van der Waals surface area contributed by atoms with E-state index in [2.05, 4.69) is 5.32 Å². The van der Waals surface area contributed by atoms with Gasteiger partial charge in [0, 0.05) is 13.6 Å². The zero-order valence-electron chi connectivity index (χ0n) is 15.0. The summed E-state index contributed by atoms with van der Waals surface area (Å²) in [6.45, 7) is 2.23. The summed E-state index contributed by atoms with van der Waals surface area (Å²) in [7, 11) is 2.76. The smallest absolute Gasteiger partial charge is 0.335 e. The highest BCUT2D eigenvalue weighted by atomic mass is 16.5. The van der Waals surface area contributed by atoms with Crippen molar-refractivity contribution in [1.29, 1.82) is 0 Å². The summed E-state index contributed by atoms with van der Waals surface area (Å²) in [6.07, 6.45) is 0.710. The van der Waals surface area contributed by atoms with Gasteiger partial charge < -0.3 is 10.1 Å².